The molecule has 0 aromatic carbocycles. The Balaban J connectivity index is 1.59. The van der Waals surface area contributed by atoms with Crippen molar-refractivity contribution in [2.75, 3.05) is 18.8 Å². The summed E-state index contributed by atoms with van der Waals surface area (Å²) >= 11 is 3.01. The van der Waals surface area contributed by atoms with Gasteiger partial charge < -0.3 is 9.64 Å². The molecule has 8 heteroatoms. The molecule has 2 atom stereocenters. The Morgan fingerprint density at radius 1 is 1.59 bits per heavy atom. The highest BCUT2D eigenvalue weighted by Crippen LogP contribution is 2.27. The Morgan fingerprint density at radius 2 is 2.45 bits per heavy atom. The number of aryl methyl sites for hydroxylation is 1. The highest BCUT2D eigenvalue weighted by Gasteiger charge is 2.29. The van der Waals surface area contributed by atoms with Crippen LogP contribution in [0.4, 0.5) is 0 Å². The van der Waals surface area contributed by atoms with E-state index in [-0.39, 0.29) is 18.1 Å². The number of hydrogen-bond acceptors (Lipinski definition) is 6. The summed E-state index contributed by atoms with van der Waals surface area (Å²) < 4.78 is 5.95. The van der Waals surface area contributed by atoms with E-state index in [9.17, 15) is 4.79 Å². The van der Waals surface area contributed by atoms with Gasteiger partial charge in [-0.1, -0.05) is 11.8 Å². The zero-order valence-electron chi connectivity index (χ0n) is 12.5. The van der Waals surface area contributed by atoms with E-state index in [0.29, 0.717) is 24.0 Å². The molecule has 1 fully saturated rings. The van der Waals surface area contributed by atoms with E-state index in [2.05, 4.69) is 26.6 Å². The maximum Gasteiger partial charge on any atom is 0.233 e. The lowest BCUT2D eigenvalue weighted by Crippen LogP contribution is -2.46. The van der Waals surface area contributed by atoms with Crippen LogP contribution in [0.25, 0.3) is 0 Å². The van der Waals surface area contributed by atoms with Crippen molar-refractivity contribution in [3.8, 4) is 0 Å². The molecule has 2 aromatic rings. The number of hydrogen-bond donors (Lipinski definition) is 1. The molecule has 2 aromatic heterocycles. The van der Waals surface area contributed by atoms with E-state index < -0.39 is 0 Å². The van der Waals surface area contributed by atoms with Crippen molar-refractivity contribution in [3.63, 3.8) is 0 Å². The van der Waals surface area contributed by atoms with Crippen LogP contribution in [0.3, 0.4) is 0 Å². The van der Waals surface area contributed by atoms with Crippen LogP contribution < -0.4 is 0 Å². The number of H-pyrrole nitrogens is 1. The smallest absolute Gasteiger partial charge is 0.233 e. The number of nitrogens with zero attached hydrogens (tertiary/aromatic N) is 3. The summed E-state index contributed by atoms with van der Waals surface area (Å²) in [5.41, 5.74) is 1.14. The van der Waals surface area contributed by atoms with E-state index in [4.69, 9.17) is 4.74 Å². The van der Waals surface area contributed by atoms with Crippen molar-refractivity contribution in [1.29, 1.82) is 0 Å². The molecule has 0 spiro atoms. The molecule has 0 radical (unpaired) electrons. The first-order valence-corrected chi connectivity index (χ1v) is 9.02. The zero-order chi connectivity index (χ0) is 15.5. The standard InChI is InChI=1S/C14H18N4O2S2/c1-9-5-18(6-12(20-9)11-3-4-21-7-11)13(19)8-22-14-15-10(2)16-17-14/h3-4,7,9,12H,5-6,8H2,1-2H3,(H,15,16,17)/t9-,12-/m0/s1. The van der Waals surface area contributed by atoms with Crippen LogP contribution in [0.15, 0.2) is 22.0 Å². The minimum Gasteiger partial charge on any atom is -0.367 e. The fourth-order valence-electron chi connectivity index (χ4n) is 2.40. The normalized spacial score (nSPS) is 22.0. The Hall–Kier alpha value is -1.38. The van der Waals surface area contributed by atoms with Crippen LogP contribution in [-0.4, -0.2) is 50.9 Å². The molecule has 1 N–H and O–H groups in total. The summed E-state index contributed by atoms with van der Waals surface area (Å²) in [7, 11) is 0. The van der Waals surface area contributed by atoms with Crippen molar-refractivity contribution < 1.29 is 9.53 Å². The fraction of sp³-hybridized carbons (Fsp3) is 0.500. The minimum atomic E-state index is -0.0327. The second-order valence-corrected chi connectivity index (χ2v) is 7.01. The van der Waals surface area contributed by atoms with Crippen molar-refractivity contribution >= 4 is 29.0 Å². The molecule has 22 heavy (non-hydrogen) atoms. The first kappa shape index (κ1) is 15.5. The molecule has 3 heterocycles. The van der Waals surface area contributed by atoms with Gasteiger partial charge in [0.15, 0.2) is 0 Å². The van der Waals surface area contributed by atoms with Gasteiger partial charge in [-0.2, -0.15) is 11.3 Å². The average Bonchev–Trinajstić information content (AvgIpc) is 3.15. The second kappa shape index (κ2) is 6.80. The highest BCUT2D eigenvalue weighted by atomic mass is 32.2. The molecule has 0 saturated carbocycles. The molecule has 1 saturated heterocycles. The fourth-order valence-corrected chi connectivity index (χ4v) is 3.85. The van der Waals surface area contributed by atoms with Crippen LogP contribution in [0.2, 0.25) is 0 Å². The average molecular weight is 338 g/mol. The van der Waals surface area contributed by atoms with Crippen LogP contribution in [0, 0.1) is 6.92 Å². The van der Waals surface area contributed by atoms with Gasteiger partial charge in [0.05, 0.1) is 18.4 Å². The maximum absolute atomic E-state index is 12.4. The topological polar surface area (TPSA) is 71.1 Å². The lowest BCUT2D eigenvalue weighted by molar-refractivity contribution is -0.142. The summed E-state index contributed by atoms with van der Waals surface area (Å²) in [5.74, 6) is 1.20. The highest BCUT2D eigenvalue weighted by molar-refractivity contribution is 7.99. The number of carbonyl (C=O) groups is 1. The predicted octanol–water partition coefficient (Wildman–Crippen LogP) is 2.26. The number of nitrogens with one attached hydrogen (secondary N) is 1. The first-order valence-electron chi connectivity index (χ1n) is 7.09. The molecule has 3 rings (SSSR count). The van der Waals surface area contributed by atoms with Gasteiger partial charge in [0.2, 0.25) is 11.1 Å². The van der Waals surface area contributed by atoms with Gasteiger partial charge in [-0.05, 0) is 36.2 Å². The molecular formula is C14H18N4O2S2. The Kier molecular flexibility index (Phi) is 4.80. The van der Waals surface area contributed by atoms with Gasteiger partial charge >= 0.3 is 0 Å². The number of thiophene rings is 1. The summed E-state index contributed by atoms with van der Waals surface area (Å²) in [5, 5.41) is 11.5. The van der Waals surface area contributed by atoms with E-state index in [0.717, 1.165) is 11.4 Å². The number of aromatic amines is 1. The number of carbonyl (C=O) groups excluding carboxylic acids is 1. The summed E-state index contributed by atoms with van der Waals surface area (Å²) in [6.45, 7) is 5.08. The third-order valence-electron chi connectivity index (χ3n) is 3.43. The minimum absolute atomic E-state index is 0.0327. The van der Waals surface area contributed by atoms with Crippen molar-refractivity contribution in [1.82, 2.24) is 20.1 Å². The molecule has 1 aliphatic rings. The van der Waals surface area contributed by atoms with Gasteiger partial charge in [0.1, 0.15) is 11.9 Å². The number of morpholine rings is 1. The maximum atomic E-state index is 12.4. The van der Waals surface area contributed by atoms with E-state index in [1.165, 1.54) is 11.8 Å². The van der Waals surface area contributed by atoms with Crippen LogP contribution in [0.5, 0.6) is 0 Å². The van der Waals surface area contributed by atoms with Crippen LogP contribution in [-0.2, 0) is 9.53 Å². The largest absolute Gasteiger partial charge is 0.367 e. The Labute approximate surface area is 137 Å². The summed E-state index contributed by atoms with van der Waals surface area (Å²) in [4.78, 5) is 18.5. The SMILES string of the molecule is Cc1nc(SCC(=O)N2C[C@@H](c3ccsc3)O[C@@H](C)C2)n[nH]1. The molecule has 6 nitrogen and oxygen atoms in total. The van der Waals surface area contributed by atoms with Crippen molar-refractivity contribution in [2.24, 2.45) is 0 Å². The molecule has 118 valence electrons. The van der Waals surface area contributed by atoms with Crippen molar-refractivity contribution in [3.05, 3.63) is 28.2 Å². The lowest BCUT2D eigenvalue weighted by atomic mass is 10.1. The number of aromatic nitrogens is 3. The molecular weight excluding hydrogens is 320 g/mol. The number of rotatable bonds is 4. The third-order valence-corrected chi connectivity index (χ3v) is 4.96. The molecule has 1 amide bonds. The summed E-state index contributed by atoms with van der Waals surface area (Å²) in [6.07, 6.45) is 0.00746. The van der Waals surface area contributed by atoms with Gasteiger partial charge in [-0.15, -0.1) is 5.10 Å². The van der Waals surface area contributed by atoms with E-state index >= 15 is 0 Å². The molecule has 1 aliphatic heterocycles. The number of amides is 1. The van der Waals surface area contributed by atoms with Crippen LogP contribution >= 0.6 is 23.1 Å². The van der Waals surface area contributed by atoms with E-state index in [1.807, 2.05) is 24.1 Å². The van der Waals surface area contributed by atoms with Gasteiger partial charge in [0, 0.05) is 6.54 Å². The first-order chi connectivity index (χ1) is 10.6. The van der Waals surface area contributed by atoms with Gasteiger partial charge in [-0.3, -0.25) is 9.89 Å². The Bertz CT molecular complexity index is 629. The molecule has 0 bridgehead atoms. The second-order valence-electron chi connectivity index (χ2n) is 5.28. The van der Waals surface area contributed by atoms with Crippen molar-refractivity contribution in [2.45, 2.75) is 31.2 Å². The monoisotopic (exact) mass is 338 g/mol. The van der Waals surface area contributed by atoms with Gasteiger partial charge in [-0.25, -0.2) is 4.98 Å². The lowest BCUT2D eigenvalue weighted by Gasteiger charge is -2.36. The number of thioether (sulfide) groups is 1. The molecule has 0 aliphatic carbocycles. The Morgan fingerprint density at radius 3 is 3.14 bits per heavy atom. The van der Waals surface area contributed by atoms with E-state index in [1.54, 1.807) is 11.3 Å². The third kappa shape index (κ3) is 3.68. The molecule has 0 unspecified atom stereocenters. The quantitative estimate of drug-likeness (QED) is 0.866. The number of ether oxygens (including phenoxy) is 1. The zero-order valence-corrected chi connectivity index (χ0v) is 14.1. The summed E-state index contributed by atoms with van der Waals surface area (Å²) in [6, 6.07) is 2.06. The van der Waals surface area contributed by atoms with Gasteiger partial charge in [0.25, 0.3) is 0 Å². The van der Waals surface area contributed by atoms with Crippen LogP contribution in [0.1, 0.15) is 24.4 Å². The predicted molar refractivity (Wildman–Crippen MR) is 86.0 cm³/mol.